The number of hydrogen-bond acceptors (Lipinski definition) is 4. The van der Waals surface area contributed by atoms with Crippen LogP contribution in [0.4, 0.5) is 0 Å². The Labute approximate surface area is 296 Å². The van der Waals surface area contributed by atoms with Crippen molar-refractivity contribution in [3.63, 3.8) is 0 Å². The largest absolute Gasteiger partial charge is 0.462 e. The fourth-order valence-electron chi connectivity index (χ4n) is 6.73. The number of rotatable bonds is 41. The monoisotopic (exact) mass is 667 g/mol. The maximum atomic E-state index is 12.6. The van der Waals surface area contributed by atoms with Gasteiger partial charge in [0.1, 0.15) is 6.10 Å². The predicted octanol–water partition coefficient (Wildman–Crippen LogP) is 14.3. The van der Waals surface area contributed by atoms with Crippen molar-refractivity contribution in [2.75, 3.05) is 26.9 Å². The average Bonchev–Trinajstić information content (AvgIpc) is 3.07. The number of unbranched alkanes of at least 4 members (excludes halogenated alkanes) is 29. The third kappa shape index (κ3) is 39.7. The van der Waals surface area contributed by atoms with Gasteiger partial charge in [-0.3, -0.25) is 4.79 Å². The van der Waals surface area contributed by atoms with E-state index in [1.807, 2.05) is 0 Å². The third-order valence-electron chi connectivity index (χ3n) is 9.91. The molecule has 0 N–H and O–H groups in total. The molecule has 0 aliphatic rings. The van der Waals surface area contributed by atoms with Gasteiger partial charge in [-0.05, 0) is 32.1 Å². The van der Waals surface area contributed by atoms with Crippen LogP contribution in [0.1, 0.15) is 239 Å². The van der Waals surface area contributed by atoms with Crippen LogP contribution in [-0.2, 0) is 19.0 Å². The number of hydrogen-bond donors (Lipinski definition) is 0. The van der Waals surface area contributed by atoms with Crippen LogP contribution < -0.4 is 0 Å². The Morgan fingerprint density at radius 3 is 1.04 bits per heavy atom. The van der Waals surface area contributed by atoms with Crippen LogP contribution in [0.3, 0.4) is 0 Å². The van der Waals surface area contributed by atoms with E-state index >= 15 is 0 Å². The van der Waals surface area contributed by atoms with E-state index < -0.39 is 0 Å². The van der Waals surface area contributed by atoms with Gasteiger partial charge in [0.15, 0.2) is 0 Å². The summed E-state index contributed by atoms with van der Waals surface area (Å²) in [6.45, 7) is 6.38. The Bertz CT molecular complexity index is 580. The number of ether oxygens (including phenoxy) is 3. The lowest BCUT2D eigenvalue weighted by Gasteiger charge is -2.18. The molecule has 0 spiro atoms. The zero-order valence-corrected chi connectivity index (χ0v) is 32.6. The molecule has 4 heteroatoms. The molecule has 1 unspecified atom stereocenters. The molecule has 4 nitrogen and oxygen atoms in total. The van der Waals surface area contributed by atoms with E-state index in [0.717, 1.165) is 19.3 Å². The van der Waals surface area contributed by atoms with Gasteiger partial charge in [0.2, 0.25) is 0 Å². The smallest absolute Gasteiger partial charge is 0.306 e. The molecule has 0 rings (SSSR count). The van der Waals surface area contributed by atoms with E-state index in [-0.39, 0.29) is 12.1 Å². The summed E-state index contributed by atoms with van der Waals surface area (Å²) in [5.74, 6) is -0.0391. The average molecular weight is 667 g/mol. The molecule has 282 valence electrons. The van der Waals surface area contributed by atoms with Gasteiger partial charge in [-0.15, -0.1) is 0 Å². The summed E-state index contributed by atoms with van der Waals surface area (Å²) in [7, 11) is 1.68. The van der Waals surface area contributed by atoms with Gasteiger partial charge in [0.05, 0.1) is 13.2 Å². The molecule has 0 aliphatic carbocycles. The summed E-state index contributed by atoms with van der Waals surface area (Å²) in [5.41, 5.74) is 0. The molecular weight excluding hydrogens is 580 g/mol. The molecule has 0 bridgehead atoms. The predicted molar refractivity (Wildman–Crippen MR) is 206 cm³/mol. The highest BCUT2D eigenvalue weighted by Gasteiger charge is 2.14. The van der Waals surface area contributed by atoms with Crippen LogP contribution in [0.5, 0.6) is 0 Å². The normalized spacial score (nSPS) is 12.1. The summed E-state index contributed by atoms with van der Waals surface area (Å²) in [6.07, 6.45) is 46.4. The number of methoxy groups -OCH3 is 1. The molecule has 0 aromatic carbocycles. The molecule has 0 aromatic rings. The first-order chi connectivity index (χ1) is 23.2. The van der Waals surface area contributed by atoms with Crippen molar-refractivity contribution >= 4 is 5.97 Å². The minimum absolute atomic E-state index is 0.0391. The van der Waals surface area contributed by atoms with Gasteiger partial charge in [-0.25, -0.2) is 0 Å². The van der Waals surface area contributed by atoms with Crippen LogP contribution in [0, 0.1) is 0 Å². The Balaban J connectivity index is 3.94. The first kappa shape index (κ1) is 46.4. The summed E-state index contributed by atoms with van der Waals surface area (Å²) in [6, 6.07) is 0. The standard InChI is InChI=1S/C43H86O4/c1-4-6-8-10-12-14-16-18-20-22-24-26-28-30-32-34-37-42(47-43(44)38-35-39-46-41-40-45-3)36-33-31-29-27-25-23-21-19-17-15-13-11-9-7-5-2/h42H,4-41H2,1-3H3. The van der Waals surface area contributed by atoms with Gasteiger partial charge >= 0.3 is 5.97 Å². The molecule has 1 atom stereocenters. The van der Waals surface area contributed by atoms with E-state index in [1.54, 1.807) is 7.11 Å². The van der Waals surface area contributed by atoms with Crippen molar-refractivity contribution in [1.29, 1.82) is 0 Å². The topological polar surface area (TPSA) is 44.8 Å². The fourth-order valence-corrected chi connectivity index (χ4v) is 6.73. The number of carbonyl (C=O) groups is 1. The van der Waals surface area contributed by atoms with Crippen molar-refractivity contribution < 1.29 is 19.0 Å². The van der Waals surface area contributed by atoms with Crippen molar-refractivity contribution in [3.8, 4) is 0 Å². The van der Waals surface area contributed by atoms with Gasteiger partial charge in [-0.2, -0.15) is 0 Å². The summed E-state index contributed by atoms with van der Waals surface area (Å²) >= 11 is 0. The quantitative estimate of drug-likeness (QED) is 0.0481. The minimum atomic E-state index is -0.0391. The highest BCUT2D eigenvalue weighted by Crippen LogP contribution is 2.19. The lowest BCUT2D eigenvalue weighted by molar-refractivity contribution is -0.150. The van der Waals surface area contributed by atoms with Gasteiger partial charge in [0, 0.05) is 20.1 Å². The van der Waals surface area contributed by atoms with Crippen molar-refractivity contribution in [1.82, 2.24) is 0 Å². The van der Waals surface area contributed by atoms with E-state index in [0.29, 0.717) is 26.2 Å². The third-order valence-corrected chi connectivity index (χ3v) is 9.91. The first-order valence-electron chi connectivity index (χ1n) is 21.5. The lowest BCUT2D eigenvalue weighted by atomic mass is 10.0. The van der Waals surface area contributed by atoms with E-state index in [4.69, 9.17) is 14.2 Å². The molecule has 0 heterocycles. The van der Waals surface area contributed by atoms with Crippen molar-refractivity contribution in [2.24, 2.45) is 0 Å². The Kier molecular flexibility index (Phi) is 41.0. The maximum absolute atomic E-state index is 12.6. The Morgan fingerprint density at radius 1 is 0.404 bits per heavy atom. The van der Waals surface area contributed by atoms with Crippen LogP contribution >= 0.6 is 0 Å². The SMILES string of the molecule is CCCCCCCCCCCCCCCCCCC(CCCCCCCCCCCCCCCCC)OC(=O)CCCOCCOC. The molecule has 0 fully saturated rings. The van der Waals surface area contributed by atoms with E-state index in [1.165, 1.54) is 199 Å². The van der Waals surface area contributed by atoms with Crippen molar-refractivity contribution in [2.45, 2.75) is 245 Å². The van der Waals surface area contributed by atoms with Gasteiger partial charge in [0.25, 0.3) is 0 Å². The summed E-state index contributed by atoms with van der Waals surface area (Å²) in [5, 5.41) is 0. The minimum Gasteiger partial charge on any atom is -0.462 e. The molecule has 47 heavy (non-hydrogen) atoms. The highest BCUT2D eigenvalue weighted by atomic mass is 16.5. The molecule has 0 amide bonds. The van der Waals surface area contributed by atoms with Crippen LogP contribution in [0.2, 0.25) is 0 Å². The zero-order chi connectivity index (χ0) is 34.1. The van der Waals surface area contributed by atoms with E-state index in [9.17, 15) is 4.79 Å². The molecule has 0 radical (unpaired) electrons. The number of carbonyl (C=O) groups excluding carboxylic acids is 1. The summed E-state index contributed by atoms with van der Waals surface area (Å²) in [4.78, 5) is 12.6. The van der Waals surface area contributed by atoms with Crippen LogP contribution in [0.15, 0.2) is 0 Å². The second kappa shape index (κ2) is 41.6. The second-order valence-electron chi connectivity index (χ2n) is 14.7. The van der Waals surface area contributed by atoms with Crippen molar-refractivity contribution in [3.05, 3.63) is 0 Å². The molecule has 0 aliphatic heterocycles. The maximum Gasteiger partial charge on any atom is 0.306 e. The molecule has 0 saturated carbocycles. The van der Waals surface area contributed by atoms with Crippen LogP contribution in [0.25, 0.3) is 0 Å². The van der Waals surface area contributed by atoms with E-state index in [2.05, 4.69) is 13.8 Å². The highest BCUT2D eigenvalue weighted by molar-refractivity contribution is 5.69. The zero-order valence-electron chi connectivity index (χ0n) is 32.6. The number of esters is 1. The Morgan fingerprint density at radius 2 is 0.723 bits per heavy atom. The first-order valence-corrected chi connectivity index (χ1v) is 21.5. The Hall–Kier alpha value is -0.610. The van der Waals surface area contributed by atoms with Gasteiger partial charge < -0.3 is 14.2 Å². The second-order valence-corrected chi connectivity index (χ2v) is 14.7. The molecule has 0 aromatic heterocycles. The molecular formula is C43H86O4. The van der Waals surface area contributed by atoms with Crippen LogP contribution in [-0.4, -0.2) is 39.0 Å². The molecule has 0 saturated heterocycles. The lowest BCUT2D eigenvalue weighted by Crippen LogP contribution is -2.19. The summed E-state index contributed by atoms with van der Waals surface area (Å²) < 4.78 is 16.5. The fraction of sp³-hybridized carbons (Fsp3) is 0.977. The van der Waals surface area contributed by atoms with Gasteiger partial charge in [-0.1, -0.05) is 200 Å².